The zero-order valence-electron chi connectivity index (χ0n) is 12.4. The number of aliphatic hydroxyl groups is 1. The van der Waals surface area contributed by atoms with E-state index in [0.717, 1.165) is 34.9 Å². The summed E-state index contributed by atoms with van der Waals surface area (Å²) in [6.07, 6.45) is 0. The zero-order valence-corrected chi connectivity index (χ0v) is 12.4. The highest BCUT2D eigenvalue weighted by Gasteiger charge is 2.19. The fourth-order valence-corrected chi connectivity index (χ4v) is 2.69. The first kappa shape index (κ1) is 14.2. The van der Waals surface area contributed by atoms with Crippen molar-refractivity contribution in [3.8, 4) is 11.5 Å². The van der Waals surface area contributed by atoms with Crippen LogP contribution in [-0.2, 0) is 0 Å². The van der Waals surface area contributed by atoms with E-state index in [1.807, 2.05) is 12.1 Å². The topological polar surface area (TPSA) is 70.6 Å². The number of aromatic amines is 1. The Morgan fingerprint density at radius 1 is 1.33 bits per heavy atom. The standard InChI is InChI=1S/C15H21N3O3/c1-3-18(4-5-19)10(2)15-16-11-8-13-14(9-12(11)17-15)21-7-6-20-13/h8-10,19H,3-7H2,1-2H3,(H,16,17). The number of H-pyrrole nitrogens is 1. The number of imidazole rings is 1. The first-order valence-corrected chi connectivity index (χ1v) is 7.37. The normalized spacial score (nSPS) is 15.6. The van der Waals surface area contributed by atoms with Crippen LogP contribution in [0.3, 0.4) is 0 Å². The lowest BCUT2D eigenvalue weighted by Crippen LogP contribution is -2.30. The fraction of sp³-hybridized carbons (Fsp3) is 0.533. The summed E-state index contributed by atoms with van der Waals surface area (Å²) in [6.45, 7) is 6.97. The minimum Gasteiger partial charge on any atom is -0.486 e. The summed E-state index contributed by atoms with van der Waals surface area (Å²) in [5.74, 6) is 2.41. The van der Waals surface area contributed by atoms with E-state index in [1.165, 1.54) is 0 Å². The van der Waals surface area contributed by atoms with E-state index in [9.17, 15) is 0 Å². The molecule has 2 N–H and O–H groups in total. The van der Waals surface area contributed by atoms with Crippen LogP contribution in [-0.4, -0.2) is 52.9 Å². The molecule has 0 radical (unpaired) electrons. The molecule has 1 aromatic carbocycles. The number of rotatable bonds is 5. The first-order chi connectivity index (χ1) is 10.2. The number of benzene rings is 1. The maximum atomic E-state index is 9.14. The number of nitrogens with zero attached hydrogens (tertiary/aromatic N) is 2. The average molecular weight is 291 g/mol. The van der Waals surface area contributed by atoms with Crippen molar-refractivity contribution in [3.63, 3.8) is 0 Å². The molecule has 1 atom stereocenters. The van der Waals surface area contributed by atoms with Gasteiger partial charge in [-0.25, -0.2) is 4.98 Å². The first-order valence-electron chi connectivity index (χ1n) is 7.37. The Morgan fingerprint density at radius 3 is 2.71 bits per heavy atom. The second-order valence-corrected chi connectivity index (χ2v) is 5.16. The Hall–Kier alpha value is -1.79. The highest BCUT2D eigenvalue weighted by molar-refractivity contribution is 5.80. The molecule has 0 amide bonds. The van der Waals surface area contributed by atoms with Gasteiger partial charge >= 0.3 is 0 Å². The molecule has 2 aromatic rings. The number of fused-ring (bicyclic) bond motifs is 2. The Kier molecular flexibility index (Phi) is 3.98. The molecule has 21 heavy (non-hydrogen) atoms. The van der Waals surface area contributed by atoms with E-state index in [0.29, 0.717) is 19.8 Å². The third-order valence-corrected chi connectivity index (χ3v) is 3.90. The molecule has 6 heteroatoms. The second kappa shape index (κ2) is 5.91. The highest BCUT2D eigenvalue weighted by Crippen LogP contribution is 2.34. The molecule has 6 nitrogen and oxygen atoms in total. The Labute approximate surface area is 123 Å². The van der Waals surface area contributed by atoms with Crippen LogP contribution in [0.25, 0.3) is 11.0 Å². The quantitative estimate of drug-likeness (QED) is 0.877. The summed E-state index contributed by atoms with van der Waals surface area (Å²) in [7, 11) is 0. The van der Waals surface area contributed by atoms with Crippen molar-refractivity contribution in [2.45, 2.75) is 19.9 Å². The summed E-state index contributed by atoms with van der Waals surface area (Å²) in [4.78, 5) is 10.2. The third-order valence-electron chi connectivity index (χ3n) is 3.90. The molecule has 0 bridgehead atoms. The lowest BCUT2D eigenvalue weighted by Gasteiger charge is -2.25. The van der Waals surface area contributed by atoms with Crippen LogP contribution in [0.1, 0.15) is 25.7 Å². The fourth-order valence-electron chi connectivity index (χ4n) is 2.69. The number of hydrogen-bond donors (Lipinski definition) is 2. The lowest BCUT2D eigenvalue weighted by atomic mass is 10.2. The smallest absolute Gasteiger partial charge is 0.163 e. The molecule has 0 saturated heterocycles. The van der Waals surface area contributed by atoms with Crippen molar-refractivity contribution >= 4 is 11.0 Å². The summed E-state index contributed by atoms with van der Waals surface area (Å²) >= 11 is 0. The minimum atomic E-state index is 0.119. The van der Waals surface area contributed by atoms with E-state index in [-0.39, 0.29) is 12.6 Å². The van der Waals surface area contributed by atoms with Gasteiger partial charge in [-0.15, -0.1) is 0 Å². The molecule has 0 spiro atoms. The number of aromatic nitrogens is 2. The van der Waals surface area contributed by atoms with Crippen LogP contribution in [0.15, 0.2) is 12.1 Å². The van der Waals surface area contributed by atoms with E-state index < -0.39 is 0 Å². The Morgan fingerprint density at radius 2 is 2.05 bits per heavy atom. The maximum absolute atomic E-state index is 9.14. The predicted octanol–water partition coefficient (Wildman–Crippen LogP) is 1.71. The van der Waals surface area contributed by atoms with Crippen LogP contribution in [0.5, 0.6) is 11.5 Å². The van der Waals surface area contributed by atoms with Crippen molar-refractivity contribution in [2.75, 3.05) is 32.9 Å². The summed E-state index contributed by atoms with van der Waals surface area (Å²) in [6, 6.07) is 3.97. The van der Waals surface area contributed by atoms with Gasteiger partial charge in [0, 0.05) is 18.7 Å². The van der Waals surface area contributed by atoms with Crippen molar-refractivity contribution in [2.24, 2.45) is 0 Å². The van der Waals surface area contributed by atoms with Crippen LogP contribution >= 0.6 is 0 Å². The molecule has 3 rings (SSSR count). The molecular formula is C15H21N3O3. The van der Waals surface area contributed by atoms with Crippen LogP contribution < -0.4 is 9.47 Å². The number of nitrogens with one attached hydrogen (secondary N) is 1. The number of hydrogen-bond acceptors (Lipinski definition) is 5. The SMILES string of the molecule is CCN(CCO)C(C)c1nc2cc3c(cc2[nH]1)OCCO3. The van der Waals surface area contributed by atoms with E-state index in [1.54, 1.807) is 0 Å². The summed E-state index contributed by atoms with van der Waals surface area (Å²) < 4.78 is 11.2. The van der Waals surface area contributed by atoms with E-state index in [2.05, 4.69) is 28.7 Å². The number of aliphatic hydroxyl groups excluding tert-OH is 1. The zero-order chi connectivity index (χ0) is 14.8. The van der Waals surface area contributed by atoms with Crippen LogP contribution in [0.4, 0.5) is 0 Å². The molecule has 1 aromatic heterocycles. The minimum absolute atomic E-state index is 0.119. The molecule has 2 heterocycles. The molecular weight excluding hydrogens is 270 g/mol. The predicted molar refractivity (Wildman–Crippen MR) is 79.8 cm³/mol. The van der Waals surface area contributed by atoms with Crippen LogP contribution in [0.2, 0.25) is 0 Å². The van der Waals surface area contributed by atoms with Gasteiger partial charge in [0.15, 0.2) is 11.5 Å². The summed E-state index contributed by atoms with van der Waals surface area (Å²) in [5.41, 5.74) is 1.82. The maximum Gasteiger partial charge on any atom is 0.163 e. The van der Waals surface area contributed by atoms with Gasteiger partial charge in [0.2, 0.25) is 0 Å². The van der Waals surface area contributed by atoms with Gasteiger partial charge in [-0.1, -0.05) is 6.92 Å². The highest BCUT2D eigenvalue weighted by atomic mass is 16.6. The van der Waals surface area contributed by atoms with Crippen molar-refractivity contribution < 1.29 is 14.6 Å². The second-order valence-electron chi connectivity index (χ2n) is 5.16. The van der Waals surface area contributed by atoms with Gasteiger partial charge in [-0.3, -0.25) is 4.90 Å². The van der Waals surface area contributed by atoms with Gasteiger partial charge in [0.25, 0.3) is 0 Å². The molecule has 1 unspecified atom stereocenters. The van der Waals surface area contributed by atoms with E-state index in [4.69, 9.17) is 14.6 Å². The van der Waals surface area contributed by atoms with E-state index >= 15 is 0 Å². The van der Waals surface area contributed by atoms with Crippen molar-refractivity contribution in [1.82, 2.24) is 14.9 Å². The monoisotopic (exact) mass is 291 g/mol. The lowest BCUT2D eigenvalue weighted by molar-refractivity contribution is 0.161. The molecule has 1 aliphatic rings. The van der Waals surface area contributed by atoms with Crippen LogP contribution in [0, 0.1) is 0 Å². The van der Waals surface area contributed by atoms with Gasteiger partial charge in [-0.2, -0.15) is 0 Å². The van der Waals surface area contributed by atoms with Gasteiger partial charge in [-0.05, 0) is 13.5 Å². The van der Waals surface area contributed by atoms with Crippen molar-refractivity contribution in [1.29, 1.82) is 0 Å². The molecule has 0 saturated carbocycles. The Bertz CT molecular complexity index is 583. The molecule has 1 aliphatic heterocycles. The summed E-state index contributed by atoms with van der Waals surface area (Å²) in [5, 5.41) is 9.14. The number of likely N-dealkylation sites (N-methyl/N-ethyl adjacent to an activating group) is 1. The molecule has 114 valence electrons. The van der Waals surface area contributed by atoms with Gasteiger partial charge in [0.05, 0.1) is 23.7 Å². The third kappa shape index (κ3) is 2.69. The molecule has 0 aliphatic carbocycles. The number of ether oxygens (including phenoxy) is 2. The van der Waals surface area contributed by atoms with Crippen molar-refractivity contribution in [3.05, 3.63) is 18.0 Å². The van der Waals surface area contributed by atoms with Gasteiger partial charge in [0.1, 0.15) is 19.0 Å². The van der Waals surface area contributed by atoms with Gasteiger partial charge < -0.3 is 19.6 Å². The molecule has 0 fully saturated rings. The largest absolute Gasteiger partial charge is 0.486 e. The Balaban J connectivity index is 1.93. The average Bonchev–Trinajstić information content (AvgIpc) is 2.92.